The lowest BCUT2D eigenvalue weighted by Gasteiger charge is -2.16. The van der Waals surface area contributed by atoms with Crippen LogP contribution >= 0.6 is 0 Å². The van der Waals surface area contributed by atoms with Gasteiger partial charge in [0.2, 0.25) is 0 Å². The van der Waals surface area contributed by atoms with Gasteiger partial charge in [0, 0.05) is 23.0 Å². The molecule has 3 N–H and O–H groups in total. The summed E-state index contributed by atoms with van der Waals surface area (Å²) in [6, 6.07) is 6.16. The summed E-state index contributed by atoms with van der Waals surface area (Å²) < 4.78 is 0. The number of benzene rings is 1. The zero-order valence-corrected chi connectivity index (χ0v) is 9.46. The second kappa shape index (κ2) is 3.35. The quantitative estimate of drug-likeness (QED) is 0.747. The topological polar surface area (TPSA) is 54.7 Å². The lowest BCUT2D eigenvalue weighted by atomic mass is 9.89. The first kappa shape index (κ1) is 10.2. The van der Waals surface area contributed by atoms with Crippen molar-refractivity contribution in [2.24, 2.45) is 5.73 Å². The summed E-state index contributed by atoms with van der Waals surface area (Å²) in [6.45, 7) is 7.06. The maximum absolute atomic E-state index is 5.68. The molecule has 0 bridgehead atoms. The number of nitrogens with one attached hydrogen (secondary N) is 1. The number of para-hydroxylation sites is 1. The van der Waals surface area contributed by atoms with Gasteiger partial charge in [-0.1, -0.05) is 39.0 Å². The molecule has 2 rings (SSSR count). The lowest BCUT2D eigenvalue weighted by molar-refractivity contribution is 0.571. The highest BCUT2D eigenvalue weighted by Crippen LogP contribution is 2.28. The first-order valence-electron chi connectivity index (χ1n) is 5.20. The van der Waals surface area contributed by atoms with E-state index < -0.39 is 0 Å². The van der Waals surface area contributed by atoms with E-state index in [0.29, 0.717) is 6.54 Å². The Bertz CT molecular complexity index is 477. The molecule has 0 radical (unpaired) electrons. The summed E-state index contributed by atoms with van der Waals surface area (Å²) in [7, 11) is 0. The van der Waals surface area contributed by atoms with Crippen molar-refractivity contribution in [1.29, 1.82) is 0 Å². The van der Waals surface area contributed by atoms with Crippen LogP contribution in [0.1, 0.15) is 32.0 Å². The number of hydrogen-bond acceptors (Lipinski definition) is 2. The Morgan fingerprint density at radius 2 is 2.07 bits per heavy atom. The van der Waals surface area contributed by atoms with Gasteiger partial charge >= 0.3 is 0 Å². The van der Waals surface area contributed by atoms with Crippen molar-refractivity contribution in [2.45, 2.75) is 32.7 Å². The molecule has 0 aliphatic rings. The van der Waals surface area contributed by atoms with Crippen LogP contribution in [0.3, 0.4) is 0 Å². The Hall–Kier alpha value is -1.35. The SMILES string of the molecule is CC(C)(C)c1[nH]nc2c(CN)cccc12. The third-order valence-electron chi connectivity index (χ3n) is 2.64. The minimum Gasteiger partial charge on any atom is -0.326 e. The molecule has 0 saturated heterocycles. The molecule has 2 aromatic rings. The van der Waals surface area contributed by atoms with Crippen LogP contribution in [-0.4, -0.2) is 10.2 Å². The smallest absolute Gasteiger partial charge is 0.0968 e. The highest BCUT2D eigenvalue weighted by atomic mass is 15.1. The van der Waals surface area contributed by atoms with E-state index in [1.54, 1.807) is 0 Å². The summed E-state index contributed by atoms with van der Waals surface area (Å²) in [4.78, 5) is 0. The predicted molar refractivity (Wildman–Crippen MR) is 62.7 cm³/mol. The van der Waals surface area contributed by atoms with E-state index >= 15 is 0 Å². The molecule has 80 valence electrons. The molecular formula is C12H17N3. The Morgan fingerprint density at radius 3 is 2.67 bits per heavy atom. The van der Waals surface area contributed by atoms with Crippen LogP contribution in [0, 0.1) is 0 Å². The Labute approximate surface area is 89.7 Å². The van der Waals surface area contributed by atoms with Crippen LogP contribution in [0.25, 0.3) is 10.9 Å². The number of H-pyrrole nitrogens is 1. The van der Waals surface area contributed by atoms with E-state index in [9.17, 15) is 0 Å². The fourth-order valence-corrected chi connectivity index (χ4v) is 1.83. The maximum atomic E-state index is 5.68. The fourth-order valence-electron chi connectivity index (χ4n) is 1.83. The van der Waals surface area contributed by atoms with E-state index in [2.05, 4.69) is 37.0 Å². The molecule has 1 aromatic heterocycles. The van der Waals surface area contributed by atoms with Crippen molar-refractivity contribution in [3.8, 4) is 0 Å². The molecule has 3 nitrogen and oxygen atoms in total. The van der Waals surface area contributed by atoms with Gasteiger partial charge in [-0.15, -0.1) is 0 Å². The lowest BCUT2D eigenvalue weighted by Crippen LogP contribution is -2.12. The molecule has 0 saturated carbocycles. The van der Waals surface area contributed by atoms with Gasteiger partial charge in [0.25, 0.3) is 0 Å². The summed E-state index contributed by atoms with van der Waals surface area (Å²) in [5.41, 5.74) is 9.04. The van der Waals surface area contributed by atoms with Crippen molar-refractivity contribution >= 4 is 10.9 Å². The van der Waals surface area contributed by atoms with Gasteiger partial charge in [-0.2, -0.15) is 5.10 Å². The Morgan fingerprint density at radius 1 is 1.33 bits per heavy atom. The van der Waals surface area contributed by atoms with Gasteiger partial charge in [-0.3, -0.25) is 5.10 Å². The maximum Gasteiger partial charge on any atom is 0.0968 e. The van der Waals surface area contributed by atoms with Gasteiger partial charge in [-0.25, -0.2) is 0 Å². The molecular weight excluding hydrogens is 186 g/mol. The molecule has 0 atom stereocenters. The van der Waals surface area contributed by atoms with E-state index in [1.165, 1.54) is 11.1 Å². The van der Waals surface area contributed by atoms with E-state index in [-0.39, 0.29) is 5.41 Å². The number of rotatable bonds is 1. The zero-order chi connectivity index (χ0) is 11.1. The van der Waals surface area contributed by atoms with Crippen molar-refractivity contribution in [2.75, 3.05) is 0 Å². The first-order valence-corrected chi connectivity index (χ1v) is 5.20. The second-order valence-corrected chi connectivity index (χ2v) is 4.87. The number of hydrogen-bond donors (Lipinski definition) is 2. The highest BCUT2D eigenvalue weighted by molar-refractivity contribution is 5.85. The van der Waals surface area contributed by atoms with Crippen molar-refractivity contribution in [3.63, 3.8) is 0 Å². The van der Waals surface area contributed by atoms with Crippen LogP contribution in [-0.2, 0) is 12.0 Å². The molecule has 0 spiro atoms. The van der Waals surface area contributed by atoms with Crippen molar-refractivity contribution in [3.05, 3.63) is 29.5 Å². The van der Waals surface area contributed by atoms with E-state index in [1.807, 2.05) is 12.1 Å². The number of nitrogens with zero attached hydrogens (tertiary/aromatic N) is 1. The van der Waals surface area contributed by atoms with Crippen LogP contribution in [0.4, 0.5) is 0 Å². The first-order chi connectivity index (χ1) is 7.04. The molecule has 0 aliphatic carbocycles. The molecule has 0 unspecified atom stereocenters. The van der Waals surface area contributed by atoms with Crippen LogP contribution < -0.4 is 5.73 Å². The minimum absolute atomic E-state index is 0.0853. The zero-order valence-electron chi connectivity index (χ0n) is 9.46. The minimum atomic E-state index is 0.0853. The van der Waals surface area contributed by atoms with Gasteiger partial charge in [0.05, 0.1) is 5.52 Å². The van der Waals surface area contributed by atoms with Gasteiger partial charge in [0.15, 0.2) is 0 Å². The van der Waals surface area contributed by atoms with Crippen LogP contribution in [0.5, 0.6) is 0 Å². The van der Waals surface area contributed by atoms with E-state index in [4.69, 9.17) is 5.73 Å². The fraction of sp³-hybridized carbons (Fsp3) is 0.417. The summed E-state index contributed by atoms with van der Waals surface area (Å²) >= 11 is 0. The second-order valence-electron chi connectivity index (χ2n) is 4.87. The Kier molecular flexibility index (Phi) is 2.27. The van der Waals surface area contributed by atoms with Gasteiger partial charge in [0.1, 0.15) is 0 Å². The number of fused-ring (bicyclic) bond motifs is 1. The third-order valence-corrected chi connectivity index (χ3v) is 2.64. The molecule has 3 heteroatoms. The molecule has 15 heavy (non-hydrogen) atoms. The largest absolute Gasteiger partial charge is 0.326 e. The summed E-state index contributed by atoms with van der Waals surface area (Å²) in [5.74, 6) is 0. The normalized spacial score (nSPS) is 12.3. The third kappa shape index (κ3) is 1.63. The number of nitrogens with two attached hydrogens (primary N) is 1. The van der Waals surface area contributed by atoms with E-state index in [0.717, 1.165) is 11.1 Å². The van der Waals surface area contributed by atoms with Crippen LogP contribution in [0.2, 0.25) is 0 Å². The van der Waals surface area contributed by atoms with Gasteiger partial charge in [-0.05, 0) is 5.56 Å². The number of aromatic nitrogens is 2. The average molecular weight is 203 g/mol. The standard InChI is InChI=1S/C12H17N3/c1-12(2,3)11-9-6-4-5-8(7-13)10(9)14-15-11/h4-6H,7,13H2,1-3H3,(H,14,15). The monoisotopic (exact) mass is 203 g/mol. The van der Waals surface area contributed by atoms with Crippen LogP contribution in [0.15, 0.2) is 18.2 Å². The highest BCUT2D eigenvalue weighted by Gasteiger charge is 2.19. The summed E-state index contributed by atoms with van der Waals surface area (Å²) in [5, 5.41) is 8.66. The summed E-state index contributed by atoms with van der Waals surface area (Å²) in [6.07, 6.45) is 0. The average Bonchev–Trinajstić information content (AvgIpc) is 2.59. The van der Waals surface area contributed by atoms with Crippen molar-refractivity contribution < 1.29 is 0 Å². The predicted octanol–water partition coefficient (Wildman–Crippen LogP) is 2.32. The molecule has 0 fully saturated rings. The molecule has 1 heterocycles. The number of aromatic amines is 1. The molecule has 1 aromatic carbocycles. The molecule has 0 amide bonds. The van der Waals surface area contributed by atoms with Crippen molar-refractivity contribution in [1.82, 2.24) is 10.2 Å². The molecule has 0 aliphatic heterocycles. The Balaban J connectivity index is 2.72. The van der Waals surface area contributed by atoms with Gasteiger partial charge < -0.3 is 5.73 Å².